The van der Waals surface area contributed by atoms with Gasteiger partial charge in [-0.1, -0.05) is 41.0 Å². The van der Waals surface area contributed by atoms with Gasteiger partial charge < -0.3 is 69.3 Å². The minimum atomic E-state index is -5.03. The molecule has 6 aliphatic rings. The maximum absolute atomic E-state index is 12.9. The number of aliphatic hydroxyl groups excluding tert-OH is 7. The maximum Gasteiger partial charge on any atom is 0.397 e. The number of ether oxygens (including phenoxy) is 6. The molecule has 60 heavy (non-hydrogen) atoms. The van der Waals surface area contributed by atoms with Crippen molar-refractivity contribution in [2.75, 3.05) is 34.0 Å². The van der Waals surface area contributed by atoms with Crippen LogP contribution in [0.2, 0.25) is 0 Å². The lowest BCUT2D eigenvalue weighted by Gasteiger charge is -2.66. The largest absolute Gasteiger partial charge is 0.397 e. The fourth-order valence-corrected chi connectivity index (χ4v) is 13.8. The van der Waals surface area contributed by atoms with Crippen molar-refractivity contribution in [3.8, 4) is 0 Å². The smallest absolute Gasteiger partial charge is 0.394 e. The van der Waals surface area contributed by atoms with Gasteiger partial charge in [-0.25, -0.2) is 4.18 Å². The Kier molecular flexibility index (Phi) is 15.2. The van der Waals surface area contributed by atoms with Crippen LogP contribution in [0.1, 0.15) is 86.0 Å². The number of rotatable bonds is 16. The van der Waals surface area contributed by atoms with Crippen LogP contribution in [0.25, 0.3) is 0 Å². The Bertz CT molecular complexity index is 1540. The second-order valence-electron chi connectivity index (χ2n) is 19.7. The van der Waals surface area contributed by atoms with E-state index in [1.54, 1.807) is 0 Å². The van der Waals surface area contributed by atoms with E-state index >= 15 is 0 Å². The zero-order valence-electron chi connectivity index (χ0n) is 35.9. The van der Waals surface area contributed by atoms with Crippen LogP contribution in [-0.2, 0) is 43.0 Å². The summed E-state index contributed by atoms with van der Waals surface area (Å²) in [4.78, 5) is 0. The summed E-state index contributed by atoms with van der Waals surface area (Å²) in [6, 6.07) is 0. The molecule has 2 saturated heterocycles. The lowest BCUT2D eigenvalue weighted by molar-refractivity contribution is -0.309. The molecular formula is C41H72O18S. The summed E-state index contributed by atoms with van der Waals surface area (Å²) >= 11 is 0. The van der Waals surface area contributed by atoms with Gasteiger partial charge in [-0.15, -0.1) is 0 Å². The summed E-state index contributed by atoms with van der Waals surface area (Å²) in [5.41, 5.74) is -3.42. The van der Waals surface area contributed by atoms with E-state index in [1.807, 2.05) is 20.8 Å². The van der Waals surface area contributed by atoms with Crippen LogP contribution < -0.4 is 0 Å². The highest BCUT2D eigenvalue weighted by molar-refractivity contribution is 7.80. The average molecular weight is 885 g/mol. The van der Waals surface area contributed by atoms with Crippen LogP contribution in [0.3, 0.4) is 0 Å². The van der Waals surface area contributed by atoms with Crippen LogP contribution in [0.5, 0.6) is 0 Å². The molecule has 0 spiro atoms. The van der Waals surface area contributed by atoms with Crippen molar-refractivity contribution in [3.05, 3.63) is 0 Å². The first-order valence-electron chi connectivity index (χ1n) is 21.7. The van der Waals surface area contributed by atoms with Crippen LogP contribution in [0.15, 0.2) is 0 Å². The van der Waals surface area contributed by atoms with Gasteiger partial charge in [0.25, 0.3) is 0 Å². The predicted octanol–water partition coefficient (Wildman–Crippen LogP) is 0.137. The molecule has 0 amide bonds. The second-order valence-corrected chi connectivity index (χ2v) is 20.7. The Morgan fingerprint density at radius 1 is 0.800 bits per heavy atom. The molecular weight excluding hydrogens is 813 g/mol. The summed E-state index contributed by atoms with van der Waals surface area (Å²) in [6.45, 7) is 9.84. The molecule has 0 aromatic rings. The van der Waals surface area contributed by atoms with Gasteiger partial charge in [0.2, 0.25) is 0 Å². The Hall–Kier alpha value is -0.690. The molecule has 22 atom stereocenters. The van der Waals surface area contributed by atoms with E-state index in [0.717, 1.165) is 6.42 Å². The first-order chi connectivity index (χ1) is 28.1. The van der Waals surface area contributed by atoms with Gasteiger partial charge in [-0.05, 0) is 78.9 Å². The molecule has 22 unspecified atom stereocenters. The third-order valence-electron chi connectivity index (χ3n) is 16.2. The van der Waals surface area contributed by atoms with E-state index in [1.165, 1.54) is 14.2 Å². The molecule has 0 aromatic heterocycles. The average Bonchev–Trinajstić information content (AvgIpc) is 3.57. The topological polar surface area (TPSA) is 281 Å². The standard InChI is InChI=1S/C41H72O18S/c1-19(2)21(12-15-55-38-35(30(45)24(17-42)57-38)58-37-34(54-7)31(46)25(53-6)18-56-37)9-8-20(3)27-32(47)33(48)36-40(27,5)14-11-26-39(4)13-10-22(43)29(44)28(39)23(16-41(26,36)49)59-60(50,51)52/h19-38,42-49H,8-18H2,1-7H3,(H,50,51,52). The van der Waals surface area contributed by atoms with Crippen molar-refractivity contribution in [1.82, 2.24) is 0 Å². The van der Waals surface area contributed by atoms with Crippen molar-refractivity contribution < 1.29 is 86.4 Å². The van der Waals surface area contributed by atoms with Gasteiger partial charge in [0.05, 0.1) is 55.9 Å². The number of hydrogen-bond acceptors (Lipinski definition) is 17. The molecule has 6 rings (SSSR count). The zero-order chi connectivity index (χ0) is 44.3. The fourth-order valence-electron chi connectivity index (χ4n) is 13.3. The Morgan fingerprint density at radius 2 is 1.48 bits per heavy atom. The van der Waals surface area contributed by atoms with Gasteiger partial charge in [-0.3, -0.25) is 4.55 Å². The molecule has 0 bridgehead atoms. The maximum atomic E-state index is 12.9. The van der Waals surface area contributed by atoms with Crippen molar-refractivity contribution in [1.29, 1.82) is 0 Å². The normalized spacial score (nSPS) is 49.3. The Balaban J connectivity index is 1.12. The lowest BCUT2D eigenvalue weighted by atomic mass is 9.41. The molecule has 4 aliphatic carbocycles. The minimum Gasteiger partial charge on any atom is -0.394 e. The van der Waals surface area contributed by atoms with Crippen molar-refractivity contribution >= 4 is 10.4 Å². The summed E-state index contributed by atoms with van der Waals surface area (Å²) in [6.07, 6.45) is -11.2. The molecule has 19 heteroatoms. The number of hydrogen-bond donors (Lipinski definition) is 9. The monoisotopic (exact) mass is 884 g/mol. The first-order valence-corrected chi connectivity index (χ1v) is 23.1. The lowest BCUT2D eigenvalue weighted by Crippen LogP contribution is -2.71. The predicted molar refractivity (Wildman–Crippen MR) is 210 cm³/mol. The summed E-state index contributed by atoms with van der Waals surface area (Å²) < 4.78 is 73.8. The van der Waals surface area contributed by atoms with Gasteiger partial charge in [0.15, 0.2) is 12.6 Å². The number of methoxy groups -OCH3 is 2. The molecule has 0 radical (unpaired) electrons. The Labute approximate surface area is 353 Å². The van der Waals surface area contributed by atoms with Gasteiger partial charge >= 0.3 is 10.4 Å². The highest BCUT2D eigenvalue weighted by Gasteiger charge is 2.74. The van der Waals surface area contributed by atoms with E-state index in [2.05, 4.69) is 13.8 Å². The van der Waals surface area contributed by atoms with Gasteiger partial charge in [0, 0.05) is 32.5 Å². The van der Waals surface area contributed by atoms with Gasteiger partial charge in [-0.2, -0.15) is 8.42 Å². The summed E-state index contributed by atoms with van der Waals surface area (Å²) in [5, 5.41) is 90.0. The molecule has 2 heterocycles. The summed E-state index contributed by atoms with van der Waals surface area (Å²) in [5.74, 6) is -2.51. The highest BCUT2D eigenvalue weighted by Crippen LogP contribution is 2.70. The molecule has 0 aromatic carbocycles. The minimum absolute atomic E-state index is 0.0243. The van der Waals surface area contributed by atoms with Gasteiger partial charge in [0.1, 0.15) is 36.6 Å². The molecule has 18 nitrogen and oxygen atoms in total. The van der Waals surface area contributed by atoms with Crippen LogP contribution in [-0.4, -0.2) is 173 Å². The molecule has 9 N–H and O–H groups in total. The summed E-state index contributed by atoms with van der Waals surface area (Å²) in [7, 11) is -2.19. The molecule has 4 saturated carbocycles. The van der Waals surface area contributed by atoms with Crippen molar-refractivity contribution in [2.24, 2.45) is 52.3 Å². The Morgan fingerprint density at radius 3 is 2.10 bits per heavy atom. The van der Waals surface area contributed by atoms with Crippen molar-refractivity contribution in [2.45, 2.75) is 171 Å². The van der Waals surface area contributed by atoms with E-state index in [9.17, 15) is 53.8 Å². The molecule has 2 aliphatic heterocycles. The van der Waals surface area contributed by atoms with Crippen molar-refractivity contribution in [3.63, 3.8) is 0 Å². The third-order valence-corrected chi connectivity index (χ3v) is 16.7. The zero-order valence-corrected chi connectivity index (χ0v) is 36.7. The quantitative estimate of drug-likeness (QED) is 0.0932. The van der Waals surface area contributed by atoms with E-state index in [0.29, 0.717) is 32.1 Å². The van der Waals surface area contributed by atoms with Crippen LogP contribution in [0.4, 0.5) is 0 Å². The van der Waals surface area contributed by atoms with E-state index in [4.69, 9.17) is 32.6 Å². The third kappa shape index (κ3) is 8.85. The first kappa shape index (κ1) is 48.8. The number of fused-ring (bicyclic) bond motifs is 5. The number of aliphatic hydroxyl groups is 8. The van der Waals surface area contributed by atoms with Crippen LogP contribution in [0, 0.1) is 52.3 Å². The SMILES string of the molecule is COC1COC(OC2C(OCCC(CCC(C)C3C(O)C(O)C4C3(C)CCC3C5(C)CCC(O)C(O)C5C(OS(=O)(=O)O)CC34O)C(C)C)OC(CO)C2O)C(OC)C1O. The van der Waals surface area contributed by atoms with Crippen LogP contribution >= 0.6 is 0 Å². The second kappa shape index (κ2) is 18.7. The molecule has 6 fully saturated rings. The molecule has 350 valence electrons. The fraction of sp³-hybridized carbons (Fsp3) is 1.00. The van der Waals surface area contributed by atoms with E-state index < -0.39 is 137 Å². The highest BCUT2D eigenvalue weighted by atomic mass is 32.3. The van der Waals surface area contributed by atoms with E-state index in [-0.39, 0.29) is 43.8 Å².